The molecule has 1 aromatic carbocycles. The maximum atomic E-state index is 6.08. The first-order valence-corrected chi connectivity index (χ1v) is 9.97. The van der Waals surface area contributed by atoms with Crippen LogP contribution in [-0.2, 0) is 6.54 Å². The van der Waals surface area contributed by atoms with Crippen LogP contribution in [0.2, 0.25) is 19.6 Å². The van der Waals surface area contributed by atoms with Crippen LogP contribution in [-0.4, -0.2) is 24.5 Å². The highest BCUT2D eigenvalue weighted by atomic mass is 28.4. The summed E-state index contributed by atoms with van der Waals surface area (Å²) in [4.78, 5) is 12.3. The lowest BCUT2D eigenvalue weighted by Crippen LogP contribution is -2.29. The van der Waals surface area contributed by atoms with E-state index in [1.165, 1.54) is 6.33 Å². The number of aromatic nitrogens is 2. The van der Waals surface area contributed by atoms with Crippen molar-refractivity contribution >= 4 is 14.5 Å². The van der Waals surface area contributed by atoms with Gasteiger partial charge in [0.05, 0.1) is 6.54 Å². The average Bonchev–Trinajstić information content (AvgIpc) is 2.40. The standard InChI is InChI=1S/C15H19N3OSi/c1-20(2,3)19-15-7-5-4-6-14(15)11-16-8-13-9-17-12-18-10-13/h4-10,12H,11H2,1-3H3/b16-8-. The van der Waals surface area contributed by atoms with Crippen molar-refractivity contribution in [3.05, 3.63) is 54.1 Å². The first-order valence-electron chi connectivity index (χ1n) is 6.56. The van der Waals surface area contributed by atoms with Crippen LogP contribution in [0, 0.1) is 0 Å². The zero-order chi connectivity index (χ0) is 14.4. The van der Waals surface area contributed by atoms with Gasteiger partial charge in [-0.3, -0.25) is 4.99 Å². The Balaban J connectivity index is 2.08. The third-order valence-corrected chi connectivity index (χ3v) is 3.30. The predicted octanol–water partition coefficient (Wildman–Crippen LogP) is 3.31. The lowest BCUT2D eigenvalue weighted by atomic mass is 10.2. The van der Waals surface area contributed by atoms with E-state index in [-0.39, 0.29) is 0 Å². The van der Waals surface area contributed by atoms with E-state index < -0.39 is 8.32 Å². The number of benzene rings is 1. The van der Waals surface area contributed by atoms with Gasteiger partial charge in [0, 0.05) is 29.7 Å². The van der Waals surface area contributed by atoms with Crippen LogP contribution < -0.4 is 4.43 Å². The molecule has 2 rings (SSSR count). The third kappa shape index (κ3) is 4.58. The summed E-state index contributed by atoms with van der Waals surface area (Å²) in [6, 6.07) is 8.06. The van der Waals surface area contributed by atoms with Gasteiger partial charge in [0.1, 0.15) is 12.1 Å². The maximum Gasteiger partial charge on any atom is 0.242 e. The number of para-hydroxylation sites is 1. The SMILES string of the molecule is C[Si](C)(C)Oc1ccccc1C/N=C\c1cncnc1. The molecule has 0 radical (unpaired) electrons. The van der Waals surface area contributed by atoms with Gasteiger partial charge in [0.2, 0.25) is 8.32 Å². The Morgan fingerprint density at radius 2 is 1.85 bits per heavy atom. The molecule has 0 atom stereocenters. The van der Waals surface area contributed by atoms with E-state index >= 15 is 0 Å². The summed E-state index contributed by atoms with van der Waals surface area (Å²) < 4.78 is 6.08. The summed E-state index contributed by atoms with van der Waals surface area (Å²) in [5, 5.41) is 0. The number of hydrogen-bond acceptors (Lipinski definition) is 4. The highest BCUT2D eigenvalue weighted by Gasteiger charge is 2.17. The molecule has 0 fully saturated rings. The molecule has 2 aromatic rings. The van der Waals surface area contributed by atoms with E-state index in [0.29, 0.717) is 6.54 Å². The fourth-order valence-electron chi connectivity index (χ4n) is 1.69. The lowest BCUT2D eigenvalue weighted by Gasteiger charge is -2.21. The van der Waals surface area contributed by atoms with Gasteiger partial charge in [-0.1, -0.05) is 18.2 Å². The number of hydrogen-bond donors (Lipinski definition) is 0. The zero-order valence-corrected chi connectivity index (χ0v) is 13.1. The molecule has 1 heterocycles. The minimum Gasteiger partial charge on any atom is -0.544 e. The molecule has 0 spiro atoms. The molecule has 1 aromatic heterocycles. The smallest absolute Gasteiger partial charge is 0.242 e. The number of nitrogens with zero attached hydrogens (tertiary/aromatic N) is 3. The van der Waals surface area contributed by atoms with Crippen molar-refractivity contribution < 1.29 is 4.43 Å². The van der Waals surface area contributed by atoms with E-state index in [4.69, 9.17) is 4.43 Å². The number of rotatable bonds is 5. The van der Waals surface area contributed by atoms with E-state index in [1.807, 2.05) is 24.3 Å². The Morgan fingerprint density at radius 3 is 2.55 bits per heavy atom. The van der Waals surface area contributed by atoms with Gasteiger partial charge >= 0.3 is 0 Å². The van der Waals surface area contributed by atoms with Crippen LogP contribution in [0.1, 0.15) is 11.1 Å². The van der Waals surface area contributed by atoms with Crippen LogP contribution in [0.4, 0.5) is 0 Å². The van der Waals surface area contributed by atoms with Gasteiger partial charge in [0.15, 0.2) is 0 Å². The summed E-state index contributed by atoms with van der Waals surface area (Å²) in [6.45, 7) is 7.12. The quantitative estimate of drug-likeness (QED) is 0.625. The first-order chi connectivity index (χ1) is 9.54. The van der Waals surface area contributed by atoms with Crippen molar-refractivity contribution in [2.24, 2.45) is 4.99 Å². The molecule has 0 bridgehead atoms. The fraction of sp³-hybridized carbons (Fsp3) is 0.267. The second-order valence-electron chi connectivity index (χ2n) is 5.46. The van der Waals surface area contributed by atoms with Gasteiger partial charge in [-0.2, -0.15) is 0 Å². The maximum absolute atomic E-state index is 6.08. The lowest BCUT2D eigenvalue weighted by molar-refractivity contribution is 0.549. The third-order valence-electron chi connectivity index (χ3n) is 2.47. The van der Waals surface area contributed by atoms with Gasteiger partial charge < -0.3 is 4.43 Å². The van der Waals surface area contributed by atoms with Crippen LogP contribution in [0.25, 0.3) is 0 Å². The van der Waals surface area contributed by atoms with Gasteiger partial charge in [-0.05, 0) is 25.7 Å². The van der Waals surface area contributed by atoms with E-state index in [1.54, 1.807) is 18.6 Å². The van der Waals surface area contributed by atoms with Gasteiger partial charge in [0.25, 0.3) is 0 Å². The largest absolute Gasteiger partial charge is 0.544 e. The van der Waals surface area contributed by atoms with Crippen LogP contribution in [0.15, 0.2) is 48.0 Å². The molecular weight excluding hydrogens is 266 g/mol. The predicted molar refractivity (Wildman–Crippen MR) is 83.7 cm³/mol. The molecule has 0 aliphatic rings. The van der Waals surface area contributed by atoms with Crippen molar-refractivity contribution in [3.63, 3.8) is 0 Å². The Bertz CT molecular complexity index is 579. The van der Waals surface area contributed by atoms with Crippen LogP contribution in [0.5, 0.6) is 5.75 Å². The molecule has 5 heteroatoms. The van der Waals surface area contributed by atoms with Crippen LogP contribution in [0.3, 0.4) is 0 Å². The van der Waals surface area contributed by atoms with E-state index in [9.17, 15) is 0 Å². The van der Waals surface area contributed by atoms with Crippen molar-refractivity contribution in [2.75, 3.05) is 0 Å². The minimum atomic E-state index is -1.60. The summed E-state index contributed by atoms with van der Waals surface area (Å²) >= 11 is 0. The number of aliphatic imine (C=N–C) groups is 1. The highest BCUT2D eigenvalue weighted by molar-refractivity contribution is 6.70. The molecular formula is C15H19N3OSi. The Morgan fingerprint density at radius 1 is 1.15 bits per heavy atom. The van der Waals surface area contributed by atoms with Crippen molar-refractivity contribution in [1.29, 1.82) is 0 Å². The molecule has 0 N–H and O–H groups in total. The molecule has 0 aliphatic carbocycles. The molecule has 0 amide bonds. The van der Waals surface area contributed by atoms with Crippen LogP contribution >= 0.6 is 0 Å². The molecule has 4 nitrogen and oxygen atoms in total. The topological polar surface area (TPSA) is 47.4 Å². The fourth-order valence-corrected chi connectivity index (χ4v) is 2.55. The molecule has 0 saturated carbocycles. The van der Waals surface area contributed by atoms with Gasteiger partial charge in [-0.25, -0.2) is 9.97 Å². The molecule has 0 aliphatic heterocycles. The van der Waals surface area contributed by atoms with Crippen molar-refractivity contribution in [2.45, 2.75) is 26.2 Å². The summed E-state index contributed by atoms with van der Waals surface area (Å²) in [5.41, 5.74) is 2.00. The normalized spacial score (nSPS) is 11.8. The minimum absolute atomic E-state index is 0.593. The first kappa shape index (κ1) is 14.4. The Labute approximate surface area is 120 Å². The summed E-state index contributed by atoms with van der Waals surface area (Å²) in [5.74, 6) is 0.938. The molecule has 0 unspecified atom stereocenters. The summed E-state index contributed by atoms with van der Waals surface area (Å²) in [6.07, 6.45) is 6.77. The molecule has 104 valence electrons. The highest BCUT2D eigenvalue weighted by Crippen LogP contribution is 2.22. The van der Waals surface area contributed by atoms with Gasteiger partial charge in [-0.15, -0.1) is 0 Å². The average molecular weight is 285 g/mol. The Kier molecular flexibility index (Phi) is 4.63. The second kappa shape index (κ2) is 6.43. The van der Waals surface area contributed by atoms with E-state index in [2.05, 4.69) is 34.6 Å². The monoisotopic (exact) mass is 285 g/mol. The molecule has 20 heavy (non-hydrogen) atoms. The van der Waals surface area contributed by atoms with Crippen molar-refractivity contribution in [3.8, 4) is 5.75 Å². The second-order valence-corrected chi connectivity index (χ2v) is 9.89. The Hall–Kier alpha value is -2.01. The zero-order valence-electron chi connectivity index (χ0n) is 12.1. The van der Waals surface area contributed by atoms with E-state index in [0.717, 1.165) is 16.9 Å². The molecule has 0 saturated heterocycles. The van der Waals surface area contributed by atoms with Crippen molar-refractivity contribution in [1.82, 2.24) is 9.97 Å². The summed E-state index contributed by atoms with van der Waals surface area (Å²) in [7, 11) is -1.60.